The molecule has 1 aromatic heterocycles. The van der Waals surface area contributed by atoms with Gasteiger partial charge in [-0.3, -0.25) is 4.79 Å². The average molecular weight is 245 g/mol. The summed E-state index contributed by atoms with van der Waals surface area (Å²) in [5, 5.41) is 0. The lowest BCUT2D eigenvalue weighted by molar-refractivity contribution is -0.132. The summed E-state index contributed by atoms with van der Waals surface area (Å²) in [6.45, 7) is 0.536. The number of aromatic nitrogens is 1. The van der Waals surface area contributed by atoms with Crippen molar-refractivity contribution in [3.05, 3.63) is 30.2 Å². The summed E-state index contributed by atoms with van der Waals surface area (Å²) < 4.78 is 5.24. The van der Waals surface area contributed by atoms with Crippen LogP contribution in [0.5, 0.6) is 0 Å². The van der Waals surface area contributed by atoms with Crippen LogP contribution in [0.4, 0.5) is 0 Å². The minimum atomic E-state index is -0.606. The molecule has 0 spiro atoms. The monoisotopic (exact) mass is 245 g/mol. The summed E-state index contributed by atoms with van der Waals surface area (Å²) in [4.78, 5) is 17.7. The molecule has 5 nitrogen and oxygen atoms in total. The van der Waals surface area contributed by atoms with Crippen molar-refractivity contribution in [1.29, 1.82) is 0 Å². The lowest BCUT2D eigenvalue weighted by Crippen LogP contribution is -2.43. The van der Waals surface area contributed by atoms with Gasteiger partial charge in [-0.2, -0.15) is 0 Å². The van der Waals surface area contributed by atoms with E-state index in [-0.39, 0.29) is 5.91 Å². The molecule has 3 rings (SSSR count). The standard InChI is InChI=1S/C13H15N3O2/c1-16(12(17)13(14)4-5-13)7-9-2-3-10-11(6-9)18-8-15-10/h2-3,6,8H,4-5,7,14H2,1H3. The normalized spacial score (nSPS) is 16.8. The van der Waals surface area contributed by atoms with Crippen LogP contribution in [0.2, 0.25) is 0 Å². The zero-order chi connectivity index (χ0) is 12.8. The number of amides is 1. The van der Waals surface area contributed by atoms with Gasteiger partial charge in [0.05, 0.1) is 5.54 Å². The van der Waals surface area contributed by atoms with Crippen LogP contribution in [0.3, 0.4) is 0 Å². The Bertz CT molecular complexity index is 601. The lowest BCUT2D eigenvalue weighted by Gasteiger charge is -2.20. The molecule has 0 unspecified atom stereocenters. The average Bonchev–Trinajstić information content (AvgIpc) is 2.93. The Morgan fingerprint density at radius 1 is 1.56 bits per heavy atom. The molecule has 1 saturated carbocycles. The lowest BCUT2D eigenvalue weighted by atomic mass is 10.1. The van der Waals surface area contributed by atoms with Gasteiger partial charge in [0.2, 0.25) is 5.91 Å². The quantitative estimate of drug-likeness (QED) is 0.884. The molecule has 0 radical (unpaired) electrons. The van der Waals surface area contributed by atoms with Crippen molar-refractivity contribution in [2.24, 2.45) is 5.73 Å². The van der Waals surface area contributed by atoms with E-state index in [0.29, 0.717) is 6.54 Å². The Hall–Kier alpha value is -1.88. The Labute approximate surface area is 105 Å². The van der Waals surface area contributed by atoms with Gasteiger partial charge < -0.3 is 15.1 Å². The molecule has 0 aliphatic heterocycles. The summed E-state index contributed by atoms with van der Waals surface area (Å²) in [6.07, 6.45) is 3.00. The zero-order valence-corrected chi connectivity index (χ0v) is 10.2. The maximum atomic E-state index is 12.0. The third-order valence-corrected chi connectivity index (χ3v) is 3.38. The third-order valence-electron chi connectivity index (χ3n) is 3.38. The van der Waals surface area contributed by atoms with E-state index < -0.39 is 5.54 Å². The number of hydrogen-bond acceptors (Lipinski definition) is 4. The number of benzene rings is 1. The maximum absolute atomic E-state index is 12.0. The van der Waals surface area contributed by atoms with Gasteiger partial charge >= 0.3 is 0 Å². The summed E-state index contributed by atoms with van der Waals surface area (Å²) in [6, 6.07) is 5.74. The molecular formula is C13H15N3O2. The van der Waals surface area contributed by atoms with Crippen molar-refractivity contribution < 1.29 is 9.21 Å². The van der Waals surface area contributed by atoms with Crippen molar-refractivity contribution in [1.82, 2.24) is 9.88 Å². The van der Waals surface area contributed by atoms with Gasteiger partial charge in [0, 0.05) is 13.6 Å². The predicted octanol–water partition coefficient (Wildman–Crippen LogP) is 1.28. The highest BCUT2D eigenvalue weighted by Crippen LogP contribution is 2.34. The predicted molar refractivity (Wildman–Crippen MR) is 66.6 cm³/mol. The fraction of sp³-hybridized carbons (Fsp3) is 0.385. The van der Waals surface area contributed by atoms with Gasteiger partial charge in [0.15, 0.2) is 12.0 Å². The minimum absolute atomic E-state index is 0.0140. The van der Waals surface area contributed by atoms with Gasteiger partial charge in [-0.15, -0.1) is 0 Å². The molecule has 1 heterocycles. The first-order chi connectivity index (χ1) is 8.58. The van der Waals surface area contributed by atoms with Crippen molar-refractivity contribution in [3.8, 4) is 0 Å². The molecule has 2 N–H and O–H groups in total. The van der Waals surface area contributed by atoms with E-state index in [4.69, 9.17) is 10.2 Å². The molecule has 1 aliphatic carbocycles. The van der Waals surface area contributed by atoms with Crippen LogP contribution in [-0.4, -0.2) is 28.4 Å². The molecule has 18 heavy (non-hydrogen) atoms. The Morgan fingerprint density at radius 2 is 2.33 bits per heavy atom. The number of nitrogens with two attached hydrogens (primary N) is 1. The van der Waals surface area contributed by atoms with E-state index in [1.54, 1.807) is 11.9 Å². The van der Waals surface area contributed by atoms with Gasteiger partial charge in [-0.25, -0.2) is 4.98 Å². The van der Waals surface area contributed by atoms with Crippen LogP contribution in [0.25, 0.3) is 11.1 Å². The SMILES string of the molecule is CN(Cc1ccc2ncoc2c1)C(=O)C1(N)CC1. The highest BCUT2D eigenvalue weighted by atomic mass is 16.3. The highest BCUT2D eigenvalue weighted by Gasteiger charge is 2.47. The number of carbonyl (C=O) groups is 1. The van der Waals surface area contributed by atoms with Gasteiger partial charge in [-0.1, -0.05) is 6.07 Å². The Kier molecular flexibility index (Phi) is 2.38. The van der Waals surface area contributed by atoms with Gasteiger partial charge in [-0.05, 0) is 30.5 Å². The number of nitrogens with zero attached hydrogens (tertiary/aromatic N) is 2. The van der Waals surface area contributed by atoms with Crippen LogP contribution in [0, 0.1) is 0 Å². The molecule has 1 amide bonds. The number of hydrogen-bond donors (Lipinski definition) is 1. The van der Waals surface area contributed by atoms with E-state index in [1.807, 2.05) is 18.2 Å². The summed E-state index contributed by atoms with van der Waals surface area (Å²) in [7, 11) is 1.78. The molecule has 94 valence electrons. The van der Waals surface area contributed by atoms with Crippen LogP contribution >= 0.6 is 0 Å². The van der Waals surface area contributed by atoms with Gasteiger partial charge in [0.1, 0.15) is 5.52 Å². The van der Waals surface area contributed by atoms with E-state index in [0.717, 1.165) is 29.5 Å². The second-order valence-corrected chi connectivity index (χ2v) is 4.97. The third kappa shape index (κ3) is 1.86. The minimum Gasteiger partial charge on any atom is -0.443 e. The molecular weight excluding hydrogens is 230 g/mol. The fourth-order valence-electron chi connectivity index (χ4n) is 2.07. The topological polar surface area (TPSA) is 72.4 Å². The summed E-state index contributed by atoms with van der Waals surface area (Å²) in [5.74, 6) is 0.0140. The van der Waals surface area contributed by atoms with E-state index in [9.17, 15) is 4.79 Å². The Balaban J connectivity index is 1.77. The molecule has 1 aromatic carbocycles. The number of likely N-dealkylation sites (N-methyl/N-ethyl adjacent to an activating group) is 1. The molecule has 0 bridgehead atoms. The number of oxazole rings is 1. The van der Waals surface area contributed by atoms with Crippen molar-refractivity contribution in [2.75, 3.05) is 7.05 Å². The number of fused-ring (bicyclic) bond motifs is 1. The van der Waals surface area contributed by atoms with Crippen LogP contribution in [-0.2, 0) is 11.3 Å². The molecule has 0 atom stereocenters. The first-order valence-electron chi connectivity index (χ1n) is 5.95. The first kappa shape index (κ1) is 11.2. The highest BCUT2D eigenvalue weighted by molar-refractivity contribution is 5.88. The maximum Gasteiger partial charge on any atom is 0.242 e. The number of rotatable bonds is 3. The van der Waals surface area contributed by atoms with Crippen molar-refractivity contribution >= 4 is 17.0 Å². The van der Waals surface area contributed by atoms with E-state index in [1.165, 1.54) is 6.39 Å². The molecule has 5 heteroatoms. The zero-order valence-electron chi connectivity index (χ0n) is 10.2. The second kappa shape index (κ2) is 3.81. The van der Waals surface area contributed by atoms with Crippen LogP contribution in [0.15, 0.2) is 29.0 Å². The first-order valence-corrected chi connectivity index (χ1v) is 5.95. The largest absolute Gasteiger partial charge is 0.443 e. The van der Waals surface area contributed by atoms with Crippen LogP contribution < -0.4 is 5.73 Å². The molecule has 1 aliphatic rings. The van der Waals surface area contributed by atoms with E-state index >= 15 is 0 Å². The summed E-state index contributed by atoms with van der Waals surface area (Å²) in [5.41, 5.74) is 7.87. The van der Waals surface area contributed by atoms with Crippen LogP contribution in [0.1, 0.15) is 18.4 Å². The molecule has 0 saturated heterocycles. The molecule has 1 fully saturated rings. The van der Waals surface area contributed by atoms with E-state index in [2.05, 4.69) is 4.98 Å². The van der Waals surface area contributed by atoms with Crippen molar-refractivity contribution in [3.63, 3.8) is 0 Å². The fourth-order valence-corrected chi connectivity index (χ4v) is 2.07. The van der Waals surface area contributed by atoms with Gasteiger partial charge in [0.25, 0.3) is 0 Å². The molecule has 2 aromatic rings. The van der Waals surface area contributed by atoms with Crippen molar-refractivity contribution in [2.45, 2.75) is 24.9 Å². The Morgan fingerprint density at radius 3 is 3.06 bits per heavy atom. The summed E-state index contributed by atoms with van der Waals surface area (Å²) >= 11 is 0. The second-order valence-electron chi connectivity index (χ2n) is 4.97. The smallest absolute Gasteiger partial charge is 0.242 e. The number of carbonyl (C=O) groups excluding carboxylic acids is 1.